The molecule has 18 heavy (non-hydrogen) atoms. The monoisotopic (exact) mass is 253 g/mol. The number of ether oxygens (including phenoxy) is 1. The molecule has 1 aromatic rings. The second-order valence-corrected chi connectivity index (χ2v) is 4.49. The van der Waals surface area contributed by atoms with Crippen LogP contribution in [0.3, 0.4) is 0 Å². The molecule has 5 heteroatoms. The molecule has 1 rings (SSSR count). The minimum atomic E-state index is -0.331. The third-order valence-electron chi connectivity index (χ3n) is 2.82. The fourth-order valence-corrected chi connectivity index (χ4v) is 1.76. The largest absolute Gasteiger partial charge is 0.494 e. The second kappa shape index (κ2) is 6.35. The van der Waals surface area contributed by atoms with Gasteiger partial charge in [0, 0.05) is 24.6 Å². The first-order valence-electron chi connectivity index (χ1n) is 5.79. The highest BCUT2D eigenvalue weighted by atomic mass is 19.1. The lowest BCUT2D eigenvalue weighted by Gasteiger charge is -2.21. The van der Waals surface area contributed by atoms with Crippen LogP contribution in [0, 0.1) is 17.1 Å². The van der Waals surface area contributed by atoms with Gasteiger partial charge in [0.2, 0.25) is 0 Å². The summed E-state index contributed by atoms with van der Waals surface area (Å²) >= 11 is 0. The zero-order chi connectivity index (χ0) is 13.7. The first kappa shape index (κ1) is 14.4. The smallest absolute Gasteiger partial charge is 0.169 e. The highest BCUT2D eigenvalue weighted by Crippen LogP contribution is 2.21. The lowest BCUT2D eigenvalue weighted by atomic mass is 10.1. The van der Waals surface area contributed by atoms with Crippen molar-refractivity contribution in [1.82, 2.24) is 4.90 Å². The number of halogens is 1. The number of nitrogens with two attached hydrogens (primary N) is 1. The van der Waals surface area contributed by atoms with Crippen LogP contribution in [0.5, 0.6) is 5.75 Å². The van der Waals surface area contributed by atoms with E-state index in [4.69, 9.17) is 15.9 Å². The molecule has 0 saturated heterocycles. The number of nitrogens with zero attached hydrogens (tertiary/aromatic N) is 1. The minimum absolute atomic E-state index is 0.0383. The van der Waals surface area contributed by atoms with Gasteiger partial charge in [0.15, 0.2) is 11.6 Å². The van der Waals surface area contributed by atoms with Crippen LogP contribution in [0.25, 0.3) is 0 Å². The summed E-state index contributed by atoms with van der Waals surface area (Å²) < 4.78 is 18.8. The van der Waals surface area contributed by atoms with Crippen molar-refractivity contribution >= 4 is 5.84 Å². The molecule has 0 aliphatic heterocycles. The van der Waals surface area contributed by atoms with Crippen molar-refractivity contribution in [2.45, 2.75) is 13.5 Å². The molecular formula is C13H20FN3O. The molecule has 3 N–H and O–H groups in total. The van der Waals surface area contributed by atoms with Gasteiger partial charge in [-0.05, 0) is 13.1 Å². The number of rotatable bonds is 6. The highest BCUT2D eigenvalue weighted by molar-refractivity contribution is 5.79. The topological polar surface area (TPSA) is 62.3 Å². The van der Waals surface area contributed by atoms with Gasteiger partial charge in [0.25, 0.3) is 0 Å². The van der Waals surface area contributed by atoms with Crippen LogP contribution in [0.4, 0.5) is 4.39 Å². The molecule has 100 valence electrons. The van der Waals surface area contributed by atoms with E-state index >= 15 is 0 Å². The zero-order valence-electron chi connectivity index (χ0n) is 11.0. The van der Waals surface area contributed by atoms with Gasteiger partial charge in [-0.15, -0.1) is 0 Å². The molecule has 1 aromatic carbocycles. The molecule has 1 unspecified atom stereocenters. The van der Waals surface area contributed by atoms with Gasteiger partial charge in [-0.3, -0.25) is 5.41 Å². The Morgan fingerprint density at radius 3 is 2.78 bits per heavy atom. The van der Waals surface area contributed by atoms with Crippen molar-refractivity contribution in [2.24, 2.45) is 11.7 Å². The standard InChI is InChI=1S/C13H20FN3O/c1-9(13(15)16)7-17(2)8-10-5-4-6-11(18-3)12(10)14/h4-6,9H,7-8H2,1-3H3,(H3,15,16). The summed E-state index contributed by atoms with van der Waals surface area (Å²) in [6.07, 6.45) is 0. The molecule has 0 radical (unpaired) electrons. The van der Waals surface area contributed by atoms with Crippen LogP contribution in [0.1, 0.15) is 12.5 Å². The van der Waals surface area contributed by atoms with Crippen molar-refractivity contribution in [1.29, 1.82) is 5.41 Å². The van der Waals surface area contributed by atoms with Crippen LogP contribution in [-0.4, -0.2) is 31.4 Å². The average molecular weight is 253 g/mol. The molecule has 0 spiro atoms. The van der Waals surface area contributed by atoms with Gasteiger partial charge in [0.1, 0.15) is 0 Å². The number of hydrogen-bond acceptors (Lipinski definition) is 3. The molecule has 0 aliphatic carbocycles. The Kier molecular flexibility index (Phi) is 5.09. The van der Waals surface area contributed by atoms with E-state index in [0.29, 0.717) is 18.7 Å². The van der Waals surface area contributed by atoms with Gasteiger partial charge in [-0.2, -0.15) is 0 Å². The van der Waals surface area contributed by atoms with Crippen molar-refractivity contribution in [3.63, 3.8) is 0 Å². The molecule has 0 amide bonds. The lowest BCUT2D eigenvalue weighted by Crippen LogP contribution is -2.32. The van der Waals surface area contributed by atoms with Crippen molar-refractivity contribution in [3.05, 3.63) is 29.6 Å². The fraction of sp³-hybridized carbons (Fsp3) is 0.462. The van der Waals surface area contributed by atoms with Gasteiger partial charge >= 0.3 is 0 Å². The molecular weight excluding hydrogens is 233 g/mol. The predicted octanol–water partition coefficient (Wildman–Crippen LogP) is 1.84. The SMILES string of the molecule is COc1cccc(CN(C)CC(C)C(=N)N)c1F. The van der Waals surface area contributed by atoms with Crippen LogP contribution < -0.4 is 10.5 Å². The average Bonchev–Trinajstić information content (AvgIpc) is 2.31. The van der Waals surface area contributed by atoms with Crippen LogP contribution >= 0.6 is 0 Å². The predicted molar refractivity (Wildman–Crippen MR) is 70.4 cm³/mol. The Morgan fingerprint density at radius 2 is 2.22 bits per heavy atom. The number of methoxy groups -OCH3 is 1. The summed E-state index contributed by atoms with van der Waals surface area (Å²) in [6, 6.07) is 5.09. The Hall–Kier alpha value is -1.62. The Bertz CT molecular complexity index is 423. The molecule has 0 saturated carbocycles. The van der Waals surface area contributed by atoms with Crippen molar-refractivity contribution in [3.8, 4) is 5.75 Å². The maximum Gasteiger partial charge on any atom is 0.169 e. The summed E-state index contributed by atoms with van der Waals surface area (Å²) in [7, 11) is 3.32. The van der Waals surface area contributed by atoms with E-state index in [1.165, 1.54) is 7.11 Å². The van der Waals surface area contributed by atoms with E-state index in [0.717, 1.165) is 0 Å². The van der Waals surface area contributed by atoms with Gasteiger partial charge in [-0.1, -0.05) is 19.1 Å². The van der Waals surface area contributed by atoms with Crippen LogP contribution in [0.2, 0.25) is 0 Å². The Labute approximate surface area is 107 Å². The molecule has 0 aromatic heterocycles. The molecule has 0 fully saturated rings. The van der Waals surface area contributed by atoms with Gasteiger partial charge < -0.3 is 15.4 Å². The Morgan fingerprint density at radius 1 is 1.56 bits per heavy atom. The summed E-state index contributed by atoms with van der Waals surface area (Å²) in [6.45, 7) is 2.95. The van der Waals surface area contributed by atoms with E-state index < -0.39 is 0 Å². The summed E-state index contributed by atoms with van der Waals surface area (Å²) in [5, 5.41) is 7.34. The maximum absolute atomic E-state index is 13.9. The fourth-order valence-electron chi connectivity index (χ4n) is 1.76. The molecule has 1 atom stereocenters. The lowest BCUT2D eigenvalue weighted by molar-refractivity contribution is 0.298. The zero-order valence-corrected chi connectivity index (χ0v) is 11.0. The van der Waals surface area contributed by atoms with Crippen LogP contribution in [0.15, 0.2) is 18.2 Å². The molecule has 0 aliphatic rings. The quantitative estimate of drug-likeness (QED) is 0.600. The van der Waals surface area contributed by atoms with E-state index in [1.807, 2.05) is 18.9 Å². The van der Waals surface area contributed by atoms with Gasteiger partial charge in [-0.25, -0.2) is 4.39 Å². The third kappa shape index (κ3) is 3.70. The number of hydrogen-bond donors (Lipinski definition) is 2. The van der Waals surface area contributed by atoms with Crippen molar-refractivity contribution in [2.75, 3.05) is 20.7 Å². The molecule has 0 heterocycles. The molecule has 0 bridgehead atoms. The molecule has 4 nitrogen and oxygen atoms in total. The normalized spacial score (nSPS) is 12.5. The minimum Gasteiger partial charge on any atom is -0.494 e. The van der Waals surface area contributed by atoms with E-state index in [1.54, 1.807) is 18.2 Å². The highest BCUT2D eigenvalue weighted by Gasteiger charge is 2.13. The Balaban J connectivity index is 2.70. The van der Waals surface area contributed by atoms with E-state index in [-0.39, 0.29) is 23.3 Å². The summed E-state index contributed by atoms with van der Waals surface area (Å²) in [4.78, 5) is 1.93. The number of benzene rings is 1. The first-order chi connectivity index (χ1) is 8.45. The van der Waals surface area contributed by atoms with E-state index in [9.17, 15) is 4.39 Å². The summed E-state index contributed by atoms with van der Waals surface area (Å²) in [5.41, 5.74) is 5.99. The summed E-state index contributed by atoms with van der Waals surface area (Å²) in [5.74, 6) is 0.0273. The number of amidine groups is 1. The van der Waals surface area contributed by atoms with Crippen molar-refractivity contribution < 1.29 is 9.13 Å². The third-order valence-corrected chi connectivity index (χ3v) is 2.82. The first-order valence-corrected chi connectivity index (χ1v) is 5.79. The van der Waals surface area contributed by atoms with Gasteiger partial charge in [0.05, 0.1) is 12.9 Å². The second-order valence-electron chi connectivity index (χ2n) is 4.49. The van der Waals surface area contributed by atoms with E-state index in [2.05, 4.69) is 0 Å². The van der Waals surface area contributed by atoms with Crippen LogP contribution in [-0.2, 0) is 6.54 Å². The number of nitrogens with one attached hydrogen (secondary N) is 1. The maximum atomic E-state index is 13.9.